The van der Waals surface area contributed by atoms with Gasteiger partial charge in [-0.05, 0) is 31.0 Å². The molecule has 1 aromatic rings. The van der Waals surface area contributed by atoms with Gasteiger partial charge in [0.1, 0.15) is 0 Å². The molecule has 0 unspecified atom stereocenters. The van der Waals surface area contributed by atoms with E-state index in [9.17, 15) is 9.59 Å². The summed E-state index contributed by atoms with van der Waals surface area (Å²) in [4.78, 5) is 21.9. The monoisotopic (exact) mass is 328 g/mol. The van der Waals surface area contributed by atoms with E-state index >= 15 is 0 Å². The Morgan fingerprint density at radius 3 is 2.53 bits per heavy atom. The van der Waals surface area contributed by atoms with E-state index in [0.29, 0.717) is 13.0 Å². The molecule has 0 bridgehead atoms. The Hall–Kier alpha value is -1.56. The summed E-state index contributed by atoms with van der Waals surface area (Å²) in [7, 11) is 0. The topological polar surface area (TPSA) is 78.4 Å². The first-order chi connectivity index (χ1) is 8.99. The largest absolute Gasteiger partial charge is 0.481 e. The number of amides is 2. The number of halogens is 1. The molecule has 19 heavy (non-hydrogen) atoms. The molecule has 0 saturated carbocycles. The van der Waals surface area contributed by atoms with Crippen molar-refractivity contribution >= 4 is 27.9 Å². The summed E-state index contributed by atoms with van der Waals surface area (Å²) >= 11 is 3.35. The fourth-order valence-electron chi connectivity index (χ4n) is 1.52. The Labute approximate surface area is 120 Å². The van der Waals surface area contributed by atoms with E-state index in [0.717, 1.165) is 10.0 Å². The molecule has 104 valence electrons. The van der Waals surface area contributed by atoms with Crippen LogP contribution >= 0.6 is 15.9 Å². The molecule has 6 heteroatoms. The quantitative estimate of drug-likeness (QED) is 0.702. The third-order valence-electron chi connectivity index (χ3n) is 2.57. The second kappa shape index (κ2) is 7.78. The van der Waals surface area contributed by atoms with E-state index in [1.165, 1.54) is 0 Å². The van der Waals surface area contributed by atoms with Crippen molar-refractivity contribution in [2.24, 2.45) is 0 Å². The highest BCUT2D eigenvalue weighted by Crippen LogP contribution is 2.16. The standard InChI is InChI=1S/C13H17BrN2O3/c1-9(10-4-6-11(14)7-5-10)16-13(19)15-8-2-3-12(17)18/h4-7,9H,2-3,8H2,1H3,(H,17,18)(H2,15,16,19)/t9-/m1/s1. The van der Waals surface area contributed by atoms with E-state index in [4.69, 9.17) is 5.11 Å². The Morgan fingerprint density at radius 2 is 1.95 bits per heavy atom. The predicted molar refractivity (Wildman–Crippen MR) is 76.0 cm³/mol. The van der Waals surface area contributed by atoms with E-state index in [2.05, 4.69) is 26.6 Å². The third kappa shape index (κ3) is 6.24. The van der Waals surface area contributed by atoms with Gasteiger partial charge in [-0.1, -0.05) is 28.1 Å². The summed E-state index contributed by atoms with van der Waals surface area (Å²) in [6.45, 7) is 2.24. The molecule has 0 spiro atoms. The van der Waals surface area contributed by atoms with Crippen LogP contribution in [-0.2, 0) is 4.79 Å². The SMILES string of the molecule is C[C@@H](NC(=O)NCCCC(=O)O)c1ccc(Br)cc1. The molecular weight excluding hydrogens is 312 g/mol. The van der Waals surface area contributed by atoms with Crippen LogP contribution in [0, 0.1) is 0 Å². The second-order valence-electron chi connectivity index (χ2n) is 4.17. The number of rotatable bonds is 6. The molecular formula is C13H17BrN2O3. The van der Waals surface area contributed by atoms with Crippen LogP contribution in [0.5, 0.6) is 0 Å². The molecule has 0 saturated heterocycles. The number of benzene rings is 1. The van der Waals surface area contributed by atoms with Gasteiger partial charge in [-0.25, -0.2) is 4.79 Å². The molecule has 0 aliphatic rings. The Bertz CT molecular complexity index is 434. The Balaban J connectivity index is 2.31. The summed E-state index contributed by atoms with van der Waals surface area (Å²) in [5.74, 6) is -0.856. The van der Waals surface area contributed by atoms with Crippen LogP contribution in [0.2, 0.25) is 0 Å². The summed E-state index contributed by atoms with van der Waals surface area (Å²) in [5.41, 5.74) is 1.00. The zero-order valence-electron chi connectivity index (χ0n) is 10.6. The maximum absolute atomic E-state index is 11.6. The molecule has 3 N–H and O–H groups in total. The normalized spacial score (nSPS) is 11.7. The highest BCUT2D eigenvalue weighted by Gasteiger charge is 2.08. The summed E-state index contributed by atoms with van der Waals surface area (Å²) in [6, 6.07) is 7.29. The average Bonchev–Trinajstić information content (AvgIpc) is 2.35. The van der Waals surface area contributed by atoms with E-state index in [-0.39, 0.29) is 18.5 Å². The fraction of sp³-hybridized carbons (Fsp3) is 0.385. The third-order valence-corrected chi connectivity index (χ3v) is 3.10. The first kappa shape index (κ1) is 15.5. The van der Waals surface area contributed by atoms with Crippen LogP contribution in [0.15, 0.2) is 28.7 Å². The second-order valence-corrected chi connectivity index (χ2v) is 5.09. The Morgan fingerprint density at radius 1 is 1.32 bits per heavy atom. The van der Waals surface area contributed by atoms with Crippen molar-refractivity contribution in [1.29, 1.82) is 0 Å². The first-order valence-electron chi connectivity index (χ1n) is 6.00. The first-order valence-corrected chi connectivity index (χ1v) is 6.80. The Kier molecular flexibility index (Phi) is 6.35. The van der Waals surface area contributed by atoms with Crippen LogP contribution in [-0.4, -0.2) is 23.7 Å². The van der Waals surface area contributed by atoms with Gasteiger partial charge in [0, 0.05) is 17.4 Å². The minimum absolute atomic E-state index is 0.0581. The molecule has 1 rings (SSSR count). The van der Waals surface area contributed by atoms with Crippen LogP contribution in [0.1, 0.15) is 31.4 Å². The molecule has 0 aliphatic heterocycles. The van der Waals surface area contributed by atoms with Gasteiger partial charge in [-0.2, -0.15) is 0 Å². The number of carbonyl (C=O) groups is 2. The highest BCUT2D eigenvalue weighted by molar-refractivity contribution is 9.10. The molecule has 5 nitrogen and oxygen atoms in total. The minimum Gasteiger partial charge on any atom is -0.481 e. The number of nitrogens with one attached hydrogen (secondary N) is 2. The summed E-state index contributed by atoms with van der Waals surface area (Å²) in [5, 5.41) is 13.9. The van der Waals surface area contributed by atoms with Crippen molar-refractivity contribution in [3.8, 4) is 0 Å². The lowest BCUT2D eigenvalue weighted by molar-refractivity contribution is -0.137. The molecule has 2 amide bonds. The molecule has 0 fully saturated rings. The van der Waals surface area contributed by atoms with Gasteiger partial charge in [0.25, 0.3) is 0 Å². The maximum Gasteiger partial charge on any atom is 0.315 e. The molecule has 0 aromatic heterocycles. The van der Waals surface area contributed by atoms with Gasteiger partial charge in [0.05, 0.1) is 6.04 Å². The lowest BCUT2D eigenvalue weighted by Crippen LogP contribution is -2.37. The number of carboxylic acid groups (broad SMARTS) is 1. The van der Waals surface area contributed by atoms with E-state index < -0.39 is 5.97 Å². The van der Waals surface area contributed by atoms with Crippen LogP contribution in [0.4, 0.5) is 4.79 Å². The summed E-state index contributed by atoms with van der Waals surface area (Å²) in [6.07, 6.45) is 0.484. The van der Waals surface area contributed by atoms with Crippen molar-refractivity contribution in [3.63, 3.8) is 0 Å². The van der Waals surface area contributed by atoms with E-state index in [1.807, 2.05) is 31.2 Å². The smallest absolute Gasteiger partial charge is 0.315 e. The zero-order chi connectivity index (χ0) is 14.3. The fourth-order valence-corrected chi connectivity index (χ4v) is 1.79. The van der Waals surface area contributed by atoms with Crippen molar-refractivity contribution < 1.29 is 14.7 Å². The van der Waals surface area contributed by atoms with Crippen molar-refractivity contribution in [2.75, 3.05) is 6.54 Å². The van der Waals surface area contributed by atoms with Gasteiger partial charge in [0.15, 0.2) is 0 Å². The van der Waals surface area contributed by atoms with Crippen molar-refractivity contribution in [2.45, 2.75) is 25.8 Å². The average molecular weight is 329 g/mol. The van der Waals surface area contributed by atoms with Crippen LogP contribution < -0.4 is 10.6 Å². The number of urea groups is 1. The van der Waals surface area contributed by atoms with Gasteiger partial charge >= 0.3 is 12.0 Å². The van der Waals surface area contributed by atoms with Crippen molar-refractivity contribution in [3.05, 3.63) is 34.3 Å². The van der Waals surface area contributed by atoms with Crippen molar-refractivity contribution in [1.82, 2.24) is 10.6 Å². The highest BCUT2D eigenvalue weighted by atomic mass is 79.9. The number of carboxylic acids is 1. The van der Waals surface area contributed by atoms with E-state index in [1.54, 1.807) is 0 Å². The maximum atomic E-state index is 11.6. The summed E-state index contributed by atoms with van der Waals surface area (Å²) < 4.78 is 0.988. The number of hydrogen-bond donors (Lipinski definition) is 3. The number of hydrogen-bond acceptors (Lipinski definition) is 2. The molecule has 1 atom stereocenters. The molecule has 0 heterocycles. The van der Waals surface area contributed by atoms with Gasteiger partial charge in [-0.15, -0.1) is 0 Å². The van der Waals surface area contributed by atoms with Gasteiger partial charge < -0.3 is 15.7 Å². The lowest BCUT2D eigenvalue weighted by atomic mass is 10.1. The molecule has 0 radical (unpaired) electrons. The predicted octanol–water partition coefficient (Wildman–Crippen LogP) is 2.67. The number of carbonyl (C=O) groups excluding carboxylic acids is 1. The molecule has 0 aliphatic carbocycles. The molecule has 1 aromatic carbocycles. The van der Waals surface area contributed by atoms with Gasteiger partial charge in [-0.3, -0.25) is 4.79 Å². The minimum atomic E-state index is -0.856. The van der Waals surface area contributed by atoms with Gasteiger partial charge in [0.2, 0.25) is 0 Å². The van der Waals surface area contributed by atoms with Crippen LogP contribution in [0.3, 0.4) is 0 Å². The lowest BCUT2D eigenvalue weighted by Gasteiger charge is -2.15. The zero-order valence-corrected chi connectivity index (χ0v) is 12.2. The van der Waals surface area contributed by atoms with Crippen LogP contribution in [0.25, 0.3) is 0 Å². The number of aliphatic carboxylic acids is 1.